The van der Waals surface area contributed by atoms with Gasteiger partial charge in [-0.2, -0.15) is 5.10 Å². The highest BCUT2D eigenvalue weighted by molar-refractivity contribution is 8.14. The number of pyridine rings is 1. The second-order valence-electron chi connectivity index (χ2n) is 2.64. The van der Waals surface area contributed by atoms with Crippen LogP contribution in [0.15, 0.2) is 29.5 Å². The molecular weight excluding hydrogens is 228 g/mol. The van der Waals surface area contributed by atoms with Gasteiger partial charge in [0.25, 0.3) is 0 Å². The number of aromatic nitrogens is 1. The van der Waals surface area contributed by atoms with Crippen molar-refractivity contribution in [1.82, 2.24) is 10.4 Å². The molecule has 1 aromatic rings. The maximum Gasteiger partial charge on any atom is 0.248 e. The van der Waals surface area contributed by atoms with Crippen molar-refractivity contribution < 1.29 is 4.79 Å². The van der Waals surface area contributed by atoms with Crippen LogP contribution in [-0.2, 0) is 4.79 Å². The molecule has 1 rings (SSSR count). The fourth-order valence-electron chi connectivity index (χ4n) is 0.783. The number of carbonyl (C=O) groups excluding carboxylic acids is 1. The number of hydrogen-bond acceptors (Lipinski definition) is 6. The van der Waals surface area contributed by atoms with Gasteiger partial charge in [0.05, 0.1) is 5.75 Å². The van der Waals surface area contributed by atoms with Gasteiger partial charge in [-0.15, -0.1) is 0 Å². The molecule has 0 aromatic carbocycles. The van der Waals surface area contributed by atoms with Crippen LogP contribution in [0.4, 0.5) is 5.82 Å². The smallest absolute Gasteiger partial charge is 0.248 e. The number of anilines is 1. The number of hydrogen-bond donors (Lipinski definition) is 4. The summed E-state index contributed by atoms with van der Waals surface area (Å²) in [7, 11) is 0. The molecule has 0 radical (unpaired) electrons. The van der Waals surface area contributed by atoms with Crippen LogP contribution in [0.25, 0.3) is 0 Å². The molecule has 1 heterocycles. The molecule has 16 heavy (non-hydrogen) atoms. The Morgan fingerprint density at radius 3 is 3.00 bits per heavy atom. The number of amidine groups is 1. The van der Waals surface area contributed by atoms with Gasteiger partial charge < -0.3 is 11.6 Å². The number of amides is 1. The highest BCUT2D eigenvalue weighted by Crippen LogP contribution is 1.99. The van der Waals surface area contributed by atoms with Gasteiger partial charge in [-0.3, -0.25) is 15.6 Å². The lowest BCUT2D eigenvalue weighted by atomic mass is 10.5. The van der Waals surface area contributed by atoms with Crippen molar-refractivity contribution in [1.29, 1.82) is 0 Å². The molecular formula is C8H12N6OS. The molecule has 0 aliphatic carbocycles. The molecule has 6 N–H and O–H groups in total. The summed E-state index contributed by atoms with van der Waals surface area (Å²) in [4.78, 5) is 15.2. The van der Waals surface area contributed by atoms with E-state index in [1.807, 2.05) is 0 Å². The zero-order valence-corrected chi connectivity index (χ0v) is 9.20. The molecule has 0 saturated heterocycles. The minimum Gasteiger partial charge on any atom is -0.377 e. The van der Waals surface area contributed by atoms with Crippen LogP contribution in [0.1, 0.15) is 0 Å². The lowest BCUT2D eigenvalue weighted by molar-refractivity contribution is -0.118. The average Bonchev–Trinajstić information content (AvgIpc) is 2.34. The molecule has 8 heteroatoms. The van der Waals surface area contributed by atoms with Crippen molar-refractivity contribution in [3.05, 3.63) is 24.4 Å². The van der Waals surface area contributed by atoms with Crippen molar-refractivity contribution >= 4 is 28.7 Å². The Bertz CT molecular complexity index is 368. The van der Waals surface area contributed by atoms with Crippen LogP contribution < -0.4 is 22.4 Å². The van der Waals surface area contributed by atoms with Crippen LogP contribution in [-0.4, -0.2) is 21.8 Å². The molecule has 0 atom stereocenters. The highest BCUT2D eigenvalue weighted by Gasteiger charge is 2.02. The first-order chi connectivity index (χ1) is 7.72. The van der Waals surface area contributed by atoms with Gasteiger partial charge in [0.1, 0.15) is 5.82 Å². The third-order valence-corrected chi connectivity index (χ3v) is 2.28. The number of rotatable bonds is 4. The van der Waals surface area contributed by atoms with Crippen LogP contribution in [0.2, 0.25) is 0 Å². The minimum atomic E-state index is -0.248. The topological polar surface area (TPSA) is 118 Å². The summed E-state index contributed by atoms with van der Waals surface area (Å²) in [5, 5.41) is 3.38. The van der Waals surface area contributed by atoms with Crippen LogP contribution in [0, 0.1) is 0 Å². The van der Waals surface area contributed by atoms with Gasteiger partial charge in [-0.25, -0.2) is 4.98 Å². The highest BCUT2D eigenvalue weighted by atomic mass is 32.2. The van der Waals surface area contributed by atoms with E-state index in [2.05, 4.69) is 20.9 Å². The molecule has 0 saturated carbocycles. The second-order valence-corrected chi connectivity index (χ2v) is 3.64. The fourth-order valence-corrected chi connectivity index (χ4v) is 1.21. The standard InChI is InChI=1S/C8H12N6OS/c9-8(12-10)16-5-7(15)14-13-6-3-1-2-4-11-6/h1-4H,5,10H2,(H2,9,12)(H,11,13)(H,14,15). The first-order valence-electron chi connectivity index (χ1n) is 4.34. The predicted octanol–water partition coefficient (Wildman–Crippen LogP) is -0.554. The summed E-state index contributed by atoms with van der Waals surface area (Å²) >= 11 is 1.05. The third kappa shape index (κ3) is 4.51. The van der Waals surface area contributed by atoms with Gasteiger partial charge >= 0.3 is 0 Å². The minimum absolute atomic E-state index is 0.131. The Morgan fingerprint density at radius 2 is 2.38 bits per heavy atom. The Morgan fingerprint density at radius 1 is 1.56 bits per heavy atom. The summed E-state index contributed by atoms with van der Waals surface area (Å²) in [6.45, 7) is 0. The number of hydrazine groups is 1. The number of carbonyl (C=O) groups is 1. The average molecular weight is 240 g/mol. The molecule has 0 spiro atoms. The van der Waals surface area contributed by atoms with Crippen LogP contribution >= 0.6 is 11.8 Å². The Hall–Kier alpha value is -1.96. The molecule has 1 amide bonds. The first-order valence-corrected chi connectivity index (χ1v) is 5.33. The number of nitrogens with zero attached hydrogens (tertiary/aromatic N) is 2. The maximum absolute atomic E-state index is 11.3. The van der Waals surface area contributed by atoms with E-state index in [4.69, 9.17) is 11.6 Å². The molecule has 0 aliphatic heterocycles. The fraction of sp³-hybridized carbons (Fsp3) is 0.125. The zero-order valence-electron chi connectivity index (χ0n) is 8.38. The maximum atomic E-state index is 11.3. The normalized spacial score (nSPS) is 10.9. The summed E-state index contributed by atoms with van der Waals surface area (Å²) in [6, 6.07) is 5.31. The predicted molar refractivity (Wildman–Crippen MR) is 64.3 cm³/mol. The first kappa shape index (κ1) is 12.1. The zero-order chi connectivity index (χ0) is 11.8. The quantitative estimate of drug-likeness (QED) is 0.242. The molecule has 1 aromatic heterocycles. The van der Waals surface area contributed by atoms with Crippen molar-refractivity contribution in [2.45, 2.75) is 0 Å². The Labute approximate surface area is 96.6 Å². The Balaban J connectivity index is 2.26. The lowest BCUT2D eigenvalue weighted by Crippen LogP contribution is -2.32. The van der Waals surface area contributed by atoms with E-state index in [1.165, 1.54) is 0 Å². The molecule has 0 aliphatic rings. The van der Waals surface area contributed by atoms with Crippen molar-refractivity contribution in [2.75, 3.05) is 11.2 Å². The van der Waals surface area contributed by atoms with E-state index in [0.717, 1.165) is 11.8 Å². The van der Waals surface area contributed by atoms with E-state index >= 15 is 0 Å². The number of nitrogens with two attached hydrogens (primary N) is 2. The van der Waals surface area contributed by atoms with E-state index in [9.17, 15) is 4.79 Å². The molecule has 86 valence electrons. The summed E-state index contributed by atoms with van der Waals surface area (Å²) in [5.41, 5.74) is 10.4. The monoisotopic (exact) mass is 240 g/mol. The van der Waals surface area contributed by atoms with E-state index < -0.39 is 0 Å². The third-order valence-electron chi connectivity index (χ3n) is 1.47. The van der Waals surface area contributed by atoms with Crippen molar-refractivity contribution in [3.8, 4) is 0 Å². The largest absolute Gasteiger partial charge is 0.377 e. The number of hydrazone groups is 1. The van der Waals surface area contributed by atoms with E-state index in [1.54, 1.807) is 24.4 Å². The van der Waals surface area contributed by atoms with Crippen LogP contribution in [0.5, 0.6) is 0 Å². The van der Waals surface area contributed by atoms with Gasteiger partial charge in [0, 0.05) is 6.20 Å². The molecule has 7 nitrogen and oxygen atoms in total. The molecule has 0 unspecified atom stereocenters. The lowest BCUT2D eigenvalue weighted by Gasteiger charge is -2.06. The van der Waals surface area contributed by atoms with Crippen LogP contribution in [0.3, 0.4) is 0 Å². The van der Waals surface area contributed by atoms with Gasteiger partial charge in [-0.1, -0.05) is 17.8 Å². The van der Waals surface area contributed by atoms with E-state index in [0.29, 0.717) is 5.82 Å². The van der Waals surface area contributed by atoms with Gasteiger partial charge in [0.2, 0.25) is 5.91 Å². The molecule has 0 bridgehead atoms. The van der Waals surface area contributed by atoms with Crippen molar-refractivity contribution in [3.63, 3.8) is 0 Å². The summed E-state index contributed by atoms with van der Waals surface area (Å²) in [6.07, 6.45) is 1.61. The summed E-state index contributed by atoms with van der Waals surface area (Å²) in [5.74, 6) is 5.35. The summed E-state index contributed by atoms with van der Waals surface area (Å²) < 4.78 is 0. The Kier molecular flexibility index (Phi) is 4.93. The SMILES string of the molecule is NN=C(N)SCC(=O)NNc1ccccn1. The number of nitrogens with one attached hydrogen (secondary N) is 2. The van der Waals surface area contributed by atoms with E-state index in [-0.39, 0.29) is 16.8 Å². The van der Waals surface area contributed by atoms with Gasteiger partial charge in [0.15, 0.2) is 5.17 Å². The van der Waals surface area contributed by atoms with Crippen molar-refractivity contribution in [2.24, 2.45) is 16.7 Å². The number of thioether (sulfide) groups is 1. The van der Waals surface area contributed by atoms with Gasteiger partial charge in [-0.05, 0) is 12.1 Å². The second kappa shape index (κ2) is 6.51. The molecule has 0 fully saturated rings.